The first-order valence-corrected chi connectivity index (χ1v) is 6.97. The van der Waals surface area contributed by atoms with Gasteiger partial charge in [0.25, 0.3) is 0 Å². The second-order valence-electron chi connectivity index (χ2n) is 5.52. The van der Waals surface area contributed by atoms with Crippen molar-refractivity contribution < 1.29 is 5.11 Å². The molecule has 0 atom stereocenters. The van der Waals surface area contributed by atoms with Crippen LogP contribution in [0.1, 0.15) is 31.2 Å². The summed E-state index contributed by atoms with van der Waals surface area (Å²) in [6, 6.07) is 15.2. The van der Waals surface area contributed by atoms with E-state index < -0.39 is 0 Å². The molecule has 0 bridgehead atoms. The third kappa shape index (κ3) is 2.41. The Morgan fingerprint density at radius 1 is 0.889 bits per heavy atom. The summed E-state index contributed by atoms with van der Waals surface area (Å²) >= 11 is 0. The average molecular weight is 240 g/mol. The summed E-state index contributed by atoms with van der Waals surface area (Å²) in [5.41, 5.74) is 1.47. The summed E-state index contributed by atoms with van der Waals surface area (Å²) in [6.45, 7) is 0. The molecule has 1 fully saturated rings. The van der Waals surface area contributed by atoms with Crippen LogP contribution in [0.4, 0.5) is 0 Å². The molecule has 0 unspecified atom stereocenters. The van der Waals surface area contributed by atoms with E-state index in [1.165, 1.54) is 29.2 Å². The van der Waals surface area contributed by atoms with Crippen LogP contribution >= 0.6 is 0 Å². The molecule has 1 saturated carbocycles. The molecule has 1 N–H and O–H groups in total. The first kappa shape index (κ1) is 11.7. The molecule has 94 valence electrons. The normalized spacial score (nSPS) is 24.3. The smallest absolute Gasteiger partial charge is 0.0540 e. The summed E-state index contributed by atoms with van der Waals surface area (Å²) in [6.07, 6.45) is 5.42. The molecule has 0 aromatic heterocycles. The lowest BCUT2D eigenvalue weighted by molar-refractivity contribution is 0.109. The minimum absolute atomic E-state index is 0.0474. The van der Waals surface area contributed by atoms with Crippen LogP contribution in [0.15, 0.2) is 42.5 Å². The summed E-state index contributed by atoms with van der Waals surface area (Å²) in [5, 5.41) is 12.3. The van der Waals surface area contributed by atoms with Crippen molar-refractivity contribution in [2.45, 2.75) is 38.2 Å². The standard InChI is InChI=1S/C17H20O/c18-16-10-8-13(9-11-16)12-15-6-3-5-14-4-1-2-7-17(14)15/h1-7,13,16,18H,8-12H2. The summed E-state index contributed by atoms with van der Waals surface area (Å²) in [7, 11) is 0. The van der Waals surface area contributed by atoms with Gasteiger partial charge in [-0.15, -0.1) is 0 Å². The molecule has 0 saturated heterocycles. The Balaban J connectivity index is 1.82. The van der Waals surface area contributed by atoms with Crippen LogP contribution in [-0.2, 0) is 6.42 Å². The van der Waals surface area contributed by atoms with Crippen LogP contribution in [0.3, 0.4) is 0 Å². The predicted octanol–water partition coefficient (Wildman–Crippen LogP) is 3.93. The number of aliphatic hydroxyl groups is 1. The Hall–Kier alpha value is -1.34. The first-order chi connectivity index (χ1) is 8.83. The van der Waals surface area contributed by atoms with Gasteiger partial charge in [-0.2, -0.15) is 0 Å². The largest absolute Gasteiger partial charge is 0.393 e. The molecule has 1 aliphatic carbocycles. The number of fused-ring (bicyclic) bond motifs is 1. The van der Waals surface area contributed by atoms with E-state index in [-0.39, 0.29) is 6.10 Å². The molecule has 0 amide bonds. The van der Waals surface area contributed by atoms with Crippen molar-refractivity contribution in [3.8, 4) is 0 Å². The van der Waals surface area contributed by atoms with Gasteiger partial charge in [0, 0.05) is 0 Å². The molecule has 0 radical (unpaired) electrons. The molecule has 1 aliphatic rings. The predicted molar refractivity (Wildman–Crippen MR) is 75.6 cm³/mol. The van der Waals surface area contributed by atoms with Crippen molar-refractivity contribution in [2.24, 2.45) is 5.92 Å². The van der Waals surface area contributed by atoms with Gasteiger partial charge in [-0.3, -0.25) is 0 Å². The topological polar surface area (TPSA) is 20.2 Å². The van der Waals surface area contributed by atoms with Crippen molar-refractivity contribution in [2.75, 3.05) is 0 Å². The van der Waals surface area contributed by atoms with Crippen molar-refractivity contribution >= 4 is 10.8 Å². The maximum Gasteiger partial charge on any atom is 0.0540 e. The summed E-state index contributed by atoms with van der Waals surface area (Å²) in [5.74, 6) is 0.749. The molecule has 2 aromatic carbocycles. The SMILES string of the molecule is OC1CCC(Cc2cccc3ccccc23)CC1. The van der Waals surface area contributed by atoms with Crippen LogP contribution in [0.2, 0.25) is 0 Å². The highest BCUT2D eigenvalue weighted by Gasteiger charge is 2.19. The number of benzene rings is 2. The van der Waals surface area contributed by atoms with Crippen LogP contribution in [0.25, 0.3) is 10.8 Å². The van der Waals surface area contributed by atoms with Gasteiger partial charge in [0.1, 0.15) is 0 Å². The second kappa shape index (κ2) is 5.11. The van der Waals surface area contributed by atoms with E-state index in [0.29, 0.717) is 0 Å². The molecule has 1 nitrogen and oxygen atoms in total. The van der Waals surface area contributed by atoms with E-state index in [1.807, 2.05) is 0 Å². The van der Waals surface area contributed by atoms with E-state index >= 15 is 0 Å². The monoisotopic (exact) mass is 240 g/mol. The Bertz CT molecular complexity index is 519. The fourth-order valence-corrected chi connectivity index (χ4v) is 3.13. The third-order valence-electron chi connectivity index (χ3n) is 4.20. The van der Waals surface area contributed by atoms with Crippen molar-refractivity contribution in [3.63, 3.8) is 0 Å². The lowest BCUT2D eigenvalue weighted by Crippen LogP contribution is -2.19. The Morgan fingerprint density at radius 2 is 1.61 bits per heavy atom. The van der Waals surface area contributed by atoms with Gasteiger partial charge < -0.3 is 5.11 Å². The summed E-state index contributed by atoms with van der Waals surface area (Å²) < 4.78 is 0. The Labute approximate surface area is 108 Å². The molecule has 0 aliphatic heterocycles. The zero-order chi connectivity index (χ0) is 12.4. The van der Waals surface area contributed by atoms with Gasteiger partial charge in [-0.1, -0.05) is 42.5 Å². The van der Waals surface area contributed by atoms with E-state index in [2.05, 4.69) is 42.5 Å². The van der Waals surface area contributed by atoms with Crippen LogP contribution in [0.5, 0.6) is 0 Å². The van der Waals surface area contributed by atoms with Gasteiger partial charge in [0.15, 0.2) is 0 Å². The van der Waals surface area contributed by atoms with Crippen LogP contribution in [0, 0.1) is 5.92 Å². The van der Waals surface area contributed by atoms with E-state index in [4.69, 9.17) is 0 Å². The van der Waals surface area contributed by atoms with Gasteiger partial charge in [-0.05, 0) is 54.4 Å². The van der Waals surface area contributed by atoms with Gasteiger partial charge in [-0.25, -0.2) is 0 Å². The maximum absolute atomic E-state index is 9.56. The highest BCUT2D eigenvalue weighted by molar-refractivity contribution is 5.85. The number of hydrogen-bond acceptors (Lipinski definition) is 1. The van der Waals surface area contributed by atoms with Crippen LogP contribution < -0.4 is 0 Å². The molecule has 0 spiro atoms. The zero-order valence-electron chi connectivity index (χ0n) is 10.7. The lowest BCUT2D eigenvalue weighted by atomic mass is 9.82. The Kier molecular flexibility index (Phi) is 3.33. The quantitative estimate of drug-likeness (QED) is 0.843. The van der Waals surface area contributed by atoms with Gasteiger partial charge in [0.05, 0.1) is 6.10 Å². The molecule has 1 heteroatoms. The molecule has 2 aromatic rings. The van der Waals surface area contributed by atoms with E-state index in [0.717, 1.165) is 25.2 Å². The first-order valence-electron chi connectivity index (χ1n) is 6.97. The maximum atomic E-state index is 9.56. The summed E-state index contributed by atoms with van der Waals surface area (Å²) in [4.78, 5) is 0. The van der Waals surface area contributed by atoms with Gasteiger partial charge >= 0.3 is 0 Å². The highest BCUT2D eigenvalue weighted by Crippen LogP contribution is 2.29. The second-order valence-corrected chi connectivity index (χ2v) is 5.52. The fraction of sp³-hybridized carbons (Fsp3) is 0.412. The van der Waals surface area contributed by atoms with Crippen LogP contribution in [-0.4, -0.2) is 11.2 Å². The van der Waals surface area contributed by atoms with E-state index in [9.17, 15) is 5.11 Å². The van der Waals surface area contributed by atoms with Gasteiger partial charge in [0.2, 0.25) is 0 Å². The van der Waals surface area contributed by atoms with E-state index in [1.54, 1.807) is 0 Å². The number of aliphatic hydroxyl groups excluding tert-OH is 1. The highest BCUT2D eigenvalue weighted by atomic mass is 16.3. The van der Waals surface area contributed by atoms with Crippen molar-refractivity contribution in [3.05, 3.63) is 48.0 Å². The zero-order valence-corrected chi connectivity index (χ0v) is 10.7. The van der Waals surface area contributed by atoms with Crippen molar-refractivity contribution in [1.82, 2.24) is 0 Å². The minimum Gasteiger partial charge on any atom is -0.393 e. The lowest BCUT2D eigenvalue weighted by Gasteiger charge is -2.25. The molecular weight excluding hydrogens is 220 g/mol. The number of rotatable bonds is 2. The fourth-order valence-electron chi connectivity index (χ4n) is 3.13. The Morgan fingerprint density at radius 3 is 2.44 bits per heavy atom. The van der Waals surface area contributed by atoms with Crippen molar-refractivity contribution in [1.29, 1.82) is 0 Å². The minimum atomic E-state index is -0.0474. The third-order valence-corrected chi connectivity index (χ3v) is 4.20. The molecule has 3 rings (SSSR count). The number of hydrogen-bond donors (Lipinski definition) is 1. The molecular formula is C17H20O. The molecule has 0 heterocycles. The molecule has 18 heavy (non-hydrogen) atoms. The average Bonchev–Trinajstić information content (AvgIpc) is 2.42.